The summed E-state index contributed by atoms with van der Waals surface area (Å²) in [5.41, 5.74) is 3.45. The molecular weight excluding hydrogens is 350 g/mol. The fourth-order valence-electron chi connectivity index (χ4n) is 4.69. The average molecular weight is 375 g/mol. The standard InChI is InChI=1S/C22H25N5O/c1-15-25-20-7-3-2-5-18(20)22(28)27(15)13-16-9-11-26(12-10-16)21-17-6-4-8-19(17)23-14-24-21/h2-3,5,7,14,16H,4,6,8-13H2,1H3. The number of benzene rings is 1. The molecule has 144 valence electrons. The van der Waals surface area contributed by atoms with Crippen molar-refractivity contribution >= 4 is 16.7 Å². The highest BCUT2D eigenvalue weighted by Crippen LogP contribution is 2.30. The molecule has 28 heavy (non-hydrogen) atoms. The van der Waals surface area contributed by atoms with Crippen LogP contribution in [0.15, 0.2) is 35.4 Å². The molecule has 0 radical (unpaired) electrons. The zero-order valence-electron chi connectivity index (χ0n) is 16.3. The first kappa shape index (κ1) is 17.3. The molecule has 6 heteroatoms. The number of fused-ring (bicyclic) bond motifs is 2. The lowest BCUT2D eigenvalue weighted by atomic mass is 9.96. The van der Waals surface area contributed by atoms with E-state index in [1.54, 1.807) is 6.33 Å². The highest BCUT2D eigenvalue weighted by Gasteiger charge is 2.26. The lowest BCUT2D eigenvalue weighted by Gasteiger charge is -2.34. The summed E-state index contributed by atoms with van der Waals surface area (Å²) in [6.07, 6.45) is 7.22. The van der Waals surface area contributed by atoms with Crippen LogP contribution in [0.5, 0.6) is 0 Å². The first-order chi connectivity index (χ1) is 13.7. The van der Waals surface area contributed by atoms with Crippen LogP contribution in [0.3, 0.4) is 0 Å². The van der Waals surface area contributed by atoms with E-state index in [0.29, 0.717) is 11.3 Å². The minimum Gasteiger partial charge on any atom is -0.356 e. The van der Waals surface area contributed by atoms with E-state index in [4.69, 9.17) is 0 Å². The van der Waals surface area contributed by atoms with E-state index in [9.17, 15) is 4.79 Å². The van der Waals surface area contributed by atoms with E-state index in [0.717, 1.165) is 62.5 Å². The number of hydrogen-bond acceptors (Lipinski definition) is 5. The zero-order valence-corrected chi connectivity index (χ0v) is 16.3. The molecule has 5 rings (SSSR count). The van der Waals surface area contributed by atoms with Crippen LogP contribution in [0.25, 0.3) is 10.9 Å². The summed E-state index contributed by atoms with van der Waals surface area (Å²) in [5.74, 6) is 2.44. The maximum atomic E-state index is 12.9. The smallest absolute Gasteiger partial charge is 0.261 e. The maximum absolute atomic E-state index is 12.9. The molecule has 2 aliphatic rings. The molecule has 1 aliphatic carbocycles. The second kappa shape index (κ2) is 7.00. The Kier molecular flexibility index (Phi) is 4.34. The summed E-state index contributed by atoms with van der Waals surface area (Å²) in [5, 5.41) is 0.710. The highest BCUT2D eigenvalue weighted by atomic mass is 16.1. The number of rotatable bonds is 3. The third kappa shape index (κ3) is 2.97. The van der Waals surface area contributed by atoms with Gasteiger partial charge >= 0.3 is 0 Å². The highest BCUT2D eigenvalue weighted by molar-refractivity contribution is 5.77. The molecule has 0 unspecified atom stereocenters. The van der Waals surface area contributed by atoms with Gasteiger partial charge in [-0.1, -0.05) is 12.1 Å². The van der Waals surface area contributed by atoms with Gasteiger partial charge in [-0.3, -0.25) is 9.36 Å². The summed E-state index contributed by atoms with van der Waals surface area (Å²) in [6.45, 7) is 4.66. The van der Waals surface area contributed by atoms with Crippen LogP contribution in [0, 0.1) is 12.8 Å². The molecular formula is C22H25N5O. The monoisotopic (exact) mass is 375 g/mol. The number of anilines is 1. The fraction of sp³-hybridized carbons (Fsp3) is 0.455. The number of piperidine rings is 1. The van der Waals surface area contributed by atoms with E-state index in [1.807, 2.05) is 35.8 Å². The van der Waals surface area contributed by atoms with Gasteiger partial charge in [0, 0.05) is 30.9 Å². The number of nitrogens with zero attached hydrogens (tertiary/aromatic N) is 5. The van der Waals surface area contributed by atoms with Gasteiger partial charge in [-0.15, -0.1) is 0 Å². The molecule has 3 aromatic rings. The second-order valence-corrected chi connectivity index (χ2v) is 8.00. The topological polar surface area (TPSA) is 63.9 Å². The first-order valence-electron chi connectivity index (χ1n) is 10.2. The van der Waals surface area contributed by atoms with Crippen molar-refractivity contribution in [3.8, 4) is 0 Å². The SMILES string of the molecule is Cc1nc2ccccc2c(=O)n1CC1CCN(c2ncnc3c2CCC3)CC1. The van der Waals surface area contributed by atoms with Gasteiger partial charge in [-0.2, -0.15) is 0 Å². The van der Waals surface area contributed by atoms with Crippen LogP contribution >= 0.6 is 0 Å². The van der Waals surface area contributed by atoms with Gasteiger partial charge in [-0.25, -0.2) is 15.0 Å². The molecule has 0 spiro atoms. The summed E-state index contributed by atoms with van der Waals surface area (Å²) < 4.78 is 1.87. The van der Waals surface area contributed by atoms with Gasteiger partial charge in [0.15, 0.2) is 0 Å². The Morgan fingerprint density at radius 1 is 1.11 bits per heavy atom. The van der Waals surface area contributed by atoms with E-state index >= 15 is 0 Å². The summed E-state index contributed by atoms with van der Waals surface area (Å²) in [7, 11) is 0. The van der Waals surface area contributed by atoms with Crippen molar-refractivity contribution in [2.24, 2.45) is 5.92 Å². The molecule has 0 N–H and O–H groups in total. The van der Waals surface area contributed by atoms with Crippen LogP contribution in [0.1, 0.15) is 36.3 Å². The van der Waals surface area contributed by atoms with E-state index in [-0.39, 0.29) is 5.56 Å². The number of aromatic nitrogens is 4. The summed E-state index contributed by atoms with van der Waals surface area (Å²) >= 11 is 0. The Morgan fingerprint density at radius 3 is 2.79 bits per heavy atom. The summed E-state index contributed by atoms with van der Waals surface area (Å²) in [6, 6.07) is 7.62. The quantitative estimate of drug-likeness (QED) is 0.704. The van der Waals surface area contributed by atoms with Crippen LogP contribution < -0.4 is 10.5 Å². The molecule has 3 heterocycles. The molecule has 2 aromatic heterocycles. The predicted octanol–water partition coefficient (Wildman–Crippen LogP) is 2.90. The van der Waals surface area contributed by atoms with Crippen molar-refractivity contribution in [1.82, 2.24) is 19.5 Å². The van der Waals surface area contributed by atoms with E-state index in [2.05, 4.69) is 19.9 Å². The van der Waals surface area contributed by atoms with Crippen LogP contribution in [0.4, 0.5) is 5.82 Å². The first-order valence-corrected chi connectivity index (χ1v) is 10.2. The minimum atomic E-state index is 0.0825. The number of aryl methyl sites for hydroxylation is 2. The molecule has 6 nitrogen and oxygen atoms in total. The van der Waals surface area contributed by atoms with Gasteiger partial charge < -0.3 is 4.90 Å². The minimum absolute atomic E-state index is 0.0825. The third-order valence-corrected chi connectivity index (χ3v) is 6.26. The van der Waals surface area contributed by atoms with Crippen molar-refractivity contribution in [2.75, 3.05) is 18.0 Å². The normalized spacial score (nSPS) is 17.2. The average Bonchev–Trinajstić information content (AvgIpc) is 3.21. The molecule has 0 amide bonds. The molecule has 0 saturated carbocycles. The maximum Gasteiger partial charge on any atom is 0.261 e. The van der Waals surface area contributed by atoms with Gasteiger partial charge in [0.2, 0.25) is 0 Å². The Morgan fingerprint density at radius 2 is 1.93 bits per heavy atom. The van der Waals surface area contributed by atoms with Crippen molar-refractivity contribution in [3.05, 3.63) is 58.0 Å². The van der Waals surface area contributed by atoms with Gasteiger partial charge in [0.1, 0.15) is 18.0 Å². The number of hydrogen-bond donors (Lipinski definition) is 0. The summed E-state index contributed by atoms with van der Waals surface area (Å²) in [4.78, 5) is 29.0. The van der Waals surface area contributed by atoms with Crippen LogP contribution in [0.2, 0.25) is 0 Å². The zero-order chi connectivity index (χ0) is 19.1. The molecule has 1 aliphatic heterocycles. The van der Waals surface area contributed by atoms with E-state index < -0.39 is 0 Å². The largest absolute Gasteiger partial charge is 0.356 e. The lowest BCUT2D eigenvalue weighted by molar-refractivity contribution is 0.347. The van der Waals surface area contributed by atoms with Crippen molar-refractivity contribution in [3.63, 3.8) is 0 Å². The van der Waals surface area contributed by atoms with Gasteiger partial charge in [0.05, 0.1) is 10.9 Å². The molecule has 1 fully saturated rings. The predicted molar refractivity (Wildman–Crippen MR) is 110 cm³/mol. The molecule has 1 aromatic carbocycles. The lowest BCUT2D eigenvalue weighted by Crippen LogP contribution is -2.38. The third-order valence-electron chi connectivity index (χ3n) is 6.26. The van der Waals surface area contributed by atoms with Gasteiger partial charge in [0.25, 0.3) is 5.56 Å². The molecule has 0 bridgehead atoms. The second-order valence-electron chi connectivity index (χ2n) is 8.00. The Bertz CT molecular complexity index is 1080. The van der Waals surface area contributed by atoms with Crippen molar-refractivity contribution in [1.29, 1.82) is 0 Å². The molecule has 1 saturated heterocycles. The van der Waals surface area contributed by atoms with E-state index in [1.165, 1.54) is 17.7 Å². The van der Waals surface area contributed by atoms with Crippen molar-refractivity contribution in [2.45, 2.75) is 45.6 Å². The Balaban J connectivity index is 1.33. The molecule has 0 atom stereocenters. The van der Waals surface area contributed by atoms with Crippen LogP contribution in [-0.2, 0) is 19.4 Å². The fourth-order valence-corrected chi connectivity index (χ4v) is 4.69. The Labute approximate surface area is 164 Å². The van der Waals surface area contributed by atoms with Crippen molar-refractivity contribution < 1.29 is 0 Å². The van der Waals surface area contributed by atoms with Crippen LogP contribution in [-0.4, -0.2) is 32.6 Å². The Hall–Kier alpha value is -2.76. The van der Waals surface area contributed by atoms with Gasteiger partial charge in [-0.05, 0) is 57.1 Å². The number of para-hydroxylation sites is 1.